The first-order valence-electron chi connectivity index (χ1n) is 11.8. The smallest absolute Gasteiger partial charge is 0.134 e. The van der Waals surface area contributed by atoms with E-state index in [1.807, 2.05) is 42.2 Å². The third-order valence-corrected chi connectivity index (χ3v) is 6.58. The number of anilines is 2. The minimum Gasteiger partial charge on any atom is -0.368 e. The van der Waals surface area contributed by atoms with Gasteiger partial charge in [-0.2, -0.15) is 0 Å². The first kappa shape index (κ1) is 22.9. The molecule has 174 valence electrons. The Morgan fingerprint density at radius 3 is 2.36 bits per heavy atom. The molecule has 6 heteroatoms. The maximum Gasteiger partial charge on any atom is 0.134 e. The molecule has 2 aliphatic rings. The van der Waals surface area contributed by atoms with E-state index in [0.717, 1.165) is 60.8 Å². The molecule has 6 nitrogen and oxygen atoms in total. The Labute approximate surface area is 198 Å². The quantitative estimate of drug-likeness (QED) is 0.531. The molecule has 2 aromatic heterocycles. The van der Waals surface area contributed by atoms with Crippen molar-refractivity contribution in [1.29, 1.82) is 0 Å². The van der Waals surface area contributed by atoms with E-state index in [-0.39, 0.29) is 0 Å². The molecule has 1 saturated heterocycles. The molecule has 0 aromatic carbocycles. The molecular formula is C27H36N6. The lowest BCUT2D eigenvalue weighted by Gasteiger charge is -2.38. The highest BCUT2D eigenvalue weighted by Gasteiger charge is 2.26. The van der Waals surface area contributed by atoms with Gasteiger partial charge in [-0.3, -0.25) is 0 Å². The molecule has 4 rings (SSSR count). The Bertz CT molecular complexity index is 1010. The molecule has 2 fully saturated rings. The molecule has 1 aliphatic carbocycles. The van der Waals surface area contributed by atoms with Gasteiger partial charge < -0.3 is 19.6 Å². The van der Waals surface area contributed by atoms with Crippen LogP contribution in [0.25, 0.3) is 5.70 Å². The van der Waals surface area contributed by atoms with Crippen LogP contribution in [-0.4, -0.2) is 66.6 Å². The minimum atomic E-state index is 0.654. The van der Waals surface area contributed by atoms with E-state index in [1.54, 1.807) is 0 Å². The highest BCUT2D eigenvalue weighted by molar-refractivity contribution is 5.63. The number of rotatable bonds is 9. The van der Waals surface area contributed by atoms with Crippen LogP contribution < -0.4 is 9.80 Å². The normalized spacial score (nSPS) is 15.8. The van der Waals surface area contributed by atoms with Gasteiger partial charge in [-0.1, -0.05) is 25.3 Å². The number of nitrogens with zero attached hydrogens (tertiary/aromatic N) is 6. The Kier molecular flexibility index (Phi) is 6.72. The predicted molar refractivity (Wildman–Crippen MR) is 138 cm³/mol. The van der Waals surface area contributed by atoms with E-state index in [4.69, 9.17) is 9.97 Å². The third-order valence-electron chi connectivity index (χ3n) is 6.58. The van der Waals surface area contributed by atoms with Gasteiger partial charge in [0, 0.05) is 70.5 Å². The standard InChI is InChI=1S/C27H36N6/c1-7-12-33(22(4)30(5)6)26-11-10-24(18-28-26)21(3)31-13-15-32(16-14-31)27-20(2)17-25(19-29-27)23-8-9-23/h7,10-11,17-19,23H,1,3-4,8-9,12-16H2,2,5-6H3. The minimum absolute atomic E-state index is 0.654. The van der Waals surface area contributed by atoms with Crippen LogP contribution in [-0.2, 0) is 0 Å². The zero-order valence-corrected chi connectivity index (χ0v) is 20.3. The molecule has 0 atom stereocenters. The predicted octanol–water partition coefficient (Wildman–Crippen LogP) is 4.48. The maximum absolute atomic E-state index is 4.81. The monoisotopic (exact) mass is 444 g/mol. The summed E-state index contributed by atoms with van der Waals surface area (Å²) in [5, 5.41) is 0. The average molecular weight is 445 g/mol. The van der Waals surface area contributed by atoms with Gasteiger partial charge in [0.2, 0.25) is 0 Å². The van der Waals surface area contributed by atoms with Crippen LogP contribution in [0.2, 0.25) is 0 Å². The van der Waals surface area contributed by atoms with Crippen molar-refractivity contribution in [2.75, 3.05) is 56.6 Å². The van der Waals surface area contributed by atoms with Gasteiger partial charge in [0.05, 0.1) is 0 Å². The topological polar surface area (TPSA) is 38.7 Å². The van der Waals surface area contributed by atoms with Crippen molar-refractivity contribution in [1.82, 2.24) is 19.8 Å². The molecule has 0 amide bonds. The number of pyridine rings is 2. The summed E-state index contributed by atoms with van der Waals surface area (Å²) in [7, 11) is 3.96. The number of hydrogen-bond acceptors (Lipinski definition) is 6. The highest BCUT2D eigenvalue weighted by atomic mass is 15.3. The van der Waals surface area contributed by atoms with E-state index in [0.29, 0.717) is 6.54 Å². The summed E-state index contributed by atoms with van der Waals surface area (Å²) < 4.78 is 0. The van der Waals surface area contributed by atoms with Gasteiger partial charge in [0.15, 0.2) is 0 Å². The van der Waals surface area contributed by atoms with Crippen LogP contribution in [0.5, 0.6) is 0 Å². The zero-order chi connectivity index (χ0) is 23.5. The number of piperazine rings is 1. The van der Waals surface area contributed by atoms with E-state index in [9.17, 15) is 0 Å². The van der Waals surface area contributed by atoms with Crippen molar-refractivity contribution < 1.29 is 0 Å². The van der Waals surface area contributed by atoms with Crippen LogP contribution in [0.1, 0.15) is 35.4 Å². The van der Waals surface area contributed by atoms with Gasteiger partial charge in [0.1, 0.15) is 17.5 Å². The SMILES string of the molecule is C=CCN(C(=C)N(C)C)c1ccc(C(=C)N2CCN(c3ncc(C4CC4)cc3C)CC2)cn1. The lowest BCUT2D eigenvalue weighted by Crippen LogP contribution is -2.45. The molecule has 0 spiro atoms. The van der Waals surface area contributed by atoms with Crippen molar-refractivity contribution >= 4 is 17.3 Å². The van der Waals surface area contributed by atoms with Gasteiger partial charge in [-0.15, -0.1) is 6.58 Å². The van der Waals surface area contributed by atoms with E-state index >= 15 is 0 Å². The van der Waals surface area contributed by atoms with Crippen molar-refractivity contribution in [3.8, 4) is 0 Å². The summed E-state index contributed by atoms with van der Waals surface area (Å²) >= 11 is 0. The molecule has 1 saturated carbocycles. The Balaban J connectivity index is 1.38. The summed E-state index contributed by atoms with van der Waals surface area (Å²) in [6, 6.07) is 6.46. The van der Waals surface area contributed by atoms with Gasteiger partial charge in [0.25, 0.3) is 0 Å². The van der Waals surface area contributed by atoms with Gasteiger partial charge >= 0.3 is 0 Å². The summed E-state index contributed by atoms with van der Waals surface area (Å²) in [4.78, 5) is 18.3. The molecule has 3 heterocycles. The Hall–Kier alpha value is -3.28. The maximum atomic E-state index is 4.81. The third kappa shape index (κ3) is 5.05. The second-order valence-corrected chi connectivity index (χ2v) is 9.22. The summed E-state index contributed by atoms with van der Waals surface area (Å²) in [5.41, 5.74) is 4.75. The van der Waals surface area contributed by atoms with Crippen LogP contribution in [0, 0.1) is 6.92 Å². The summed E-state index contributed by atoms with van der Waals surface area (Å²) in [6.45, 7) is 19.0. The number of aromatic nitrogens is 2. The van der Waals surface area contributed by atoms with Crippen molar-refractivity contribution in [2.24, 2.45) is 0 Å². The van der Waals surface area contributed by atoms with E-state index < -0.39 is 0 Å². The number of hydrogen-bond donors (Lipinski definition) is 0. The van der Waals surface area contributed by atoms with Crippen LogP contribution in [0.4, 0.5) is 11.6 Å². The fourth-order valence-electron chi connectivity index (χ4n) is 4.35. The molecule has 2 aromatic rings. The van der Waals surface area contributed by atoms with Crippen molar-refractivity contribution in [3.63, 3.8) is 0 Å². The van der Waals surface area contributed by atoms with E-state index in [1.165, 1.54) is 24.0 Å². The lowest BCUT2D eigenvalue weighted by molar-refractivity contribution is 0.366. The van der Waals surface area contributed by atoms with Crippen LogP contribution >= 0.6 is 0 Å². The molecule has 0 N–H and O–H groups in total. The molecule has 0 bridgehead atoms. The van der Waals surface area contributed by atoms with Gasteiger partial charge in [-0.25, -0.2) is 9.97 Å². The lowest BCUT2D eigenvalue weighted by atomic mass is 10.1. The Morgan fingerprint density at radius 1 is 1.09 bits per heavy atom. The van der Waals surface area contributed by atoms with Crippen LogP contribution in [0.3, 0.4) is 0 Å². The highest BCUT2D eigenvalue weighted by Crippen LogP contribution is 2.40. The number of aryl methyl sites for hydroxylation is 1. The first-order chi connectivity index (χ1) is 15.9. The average Bonchev–Trinajstić information content (AvgIpc) is 3.67. The fourth-order valence-corrected chi connectivity index (χ4v) is 4.35. The molecule has 33 heavy (non-hydrogen) atoms. The Morgan fingerprint density at radius 2 is 1.82 bits per heavy atom. The van der Waals surface area contributed by atoms with E-state index in [2.05, 4.69) is 54.8 Å². The molecule has 1 aliphatic heterocycles. The van der Waals surface area contributed by atoms with Crippen molar-refractivity contribution in [2.45, 2.75) is 25.7 Å². The molecule has 0 unspecified atom stereocenters. The summed E-state index contributed by atoms with van der Waals surface area (Å²) in [6.07, 6.45) is 8.48. The molecule has 0 radical (unpaired) electrons. The van der Waals surface area contributed by atoms with Gasteiger partial charge in [-0.05, 0) is 48.9 Å². The van der Waals surface area contributed by atoms with Crippen LogP contribution in [0.15, 0.2) is 62.2 Å². The largest absolute Gasteiger partial charge is 0.368 e. The zero-order valence-electron chi connectivity index (χ0n) is 20.3. The first-order valence-corrected chi connectivity index (χ1v) is 11.8. The molecular weight excluding hydrogens is 408 g/mol. The fraction of sp³-hybridized carbons (Fsp3) is 0.407. The van der Waals surface area contributed by atoms with Crippen molar-refractivity contribution in [3.05, 3.63) is 78.9 Å². The second-order valence-electron chi connectivity index (χ2n) is 9.22. The summed E-state index contributed by atoms with van der Waals surface area (Å²) in [5.74, 6) is 3.60. The second kappa shape index (κ2) is 9.69.